The van der Waals surface area contributed by atoms with E-state index < -0.39 is 7.82 Å². The first-order chi connectivity index (χ1) is 19.6. The van der Waals surface area contributed by atoms with Gasteiger partial charge in [0, 0.05) is 5.69 Å². The molecule has 0 unspecified atom stereocenters. The van der Waals surface area contributed by atoms with Crippen LogP contribution in [0.5, 0.6) is 0 Å². The predicted molar refractivity (Wildman–Crippen MR) is 187 cm³/mol. The number of nitrogens with two attached hydrogens (primary N) is 1. The van der Waals surface area contributed by atoms with E-state index in [2.05, 4.69) is 46.9 Å². The highest BCUT2D eigenvalue weighted by atomic mass is 31.2. The third kappa shape index (κ3) is 39.3. The summed E-state index contributed by atoms with van der Waals surface area (Å²) in [6, 6.07) is 5.95. The van der Waals surface area contributed by atoms with Gasteiger partial charge in [0.25, 0.3) is 0 Å². The Morgan fingerprint density at radius 2 is 0.927 bits per heavy atom. The molecule has 1 rings (SSSR count). The summed E-state index contributed by atoms with van der Waals surface area (Å²) in [6.07, 6.45) is 31.2. The fraction of sp³-hybridized carbons (Fsp3) is 0.765. The third-order valence-corrected chi connectivity index (χ3v) is 9.98. The van der Waals surface area contributed by atoms with E-state index >= 15 is 0 Å². The minimum absolute atomic E-state index is 0.366. The highest BCUT2D eigenvalue weighted by molar-refractivity contribution is 7.57. The van der Waals surface area contributed by atoms with Crippen molar-refractivity contribution in [3.8, 4) is 0 Å². The fourth-order valence-corrected chi connectivity index (χ4v) is 7.14. The van der Waals surface area contributed by atoms with Gasteiger partial charge in [-0.15, -0.1) is 21.1 Å². The second-order valence-corrected chi connectivity index (χ2v) is 14.7. The van der Waals surface area contributed by atoms with Crippen LogP contribution in [0.3, 0.4) is 0 Å². The van der Waals surface area contributed by atoms with Gasteiger partial charge < -0.3 is 20.4 Å². The van der Waals surface area contributed by atoms with E-state index in [0.29, 0.717) is 7.92 Å². The van der Waals surface area contributed by atoms with Gasteiger partial charge in [-0.25, -0.2) is 4.57 Å². The zero-order valence-corrected chi connectivity index (χ0v) is 29.5. The summed E-state index contributed by atoms with van der Waals surface area (Å²) >= 11 is 0. The highest BCUT2D eigenvalue weighted by Gasteiger charge is 2.08. The number of hydrogen-bond donors (Lipinski definition) is 4. The Morgan fingerprint density at radius 1 is 0.634 bits per heavy atom. The maximum Gasteiger partial charge on any atom is 0.466 e. The molecule has 0 aromatic heterocycles. The first-order valence-electron chi connectivity index (χ1n) is 16.4. The van der Waals surface area contributed by atoms with Crippen LogP contribution in [0, 0.1) is 13.8 Å². The molecule has 5 nitrogen and oxygen atoms in total. The van der Waals surface area contributed by atoms with E-state index in [-0.39, 0.29) is 0 Å². The maximum atomic E-state index is 8.88. The van der Waals surface area contributed by atoms with Gasteiger partial charge in [-0.05, 0) is 68.8 Å². The summed E-state index contributed by atoms with van der Waals surface area (Å²) < 4.78 is 8.88. The van der Waals surface area contributed by atoms with Crippen molar-refractivity contribution in [1.82, 2.24) is 0 Å². The molecule has 0 radical (unpaired) electrons. The van der Waals surface area contributed by atoms with Crippen molar-refractivity contribution >= 4 is 21.4 Å². The molecule has 1 aromatic rings. The summed E-state index contributed by atoms with van der Waals surface area (Å²) in [6.45, 7) is 17.1. The quantitative estimate of drug-likeness (QED) is 0.0475. The number of unbranched alkanes of at least 4 members (excludes halogenated alkanes) is 15. The van der Waals surface area contributed by atoms with Gasteiger partial charge in [-0.3, -0.25) is 0 Å². The van der Waals surface area contributed by atoms with Gasteiger partial charge in [0.05, 0.1) is 0 Å². The van der Waals surface area contributed by atoms with E-state index in [1.165, 1.54) is 127 Å². The van der Waals surface area contributed by atoms with Crippen LogP contribution in [0.15, 0.2) is 31.4 Å². The van der Waals surface area contributed by atoms with Crippen molar-refractivity contribution in [1.29, 1.82) is 0 Å². The van der Waals surface area contributed by atoms with E-state index in [4.69, 9.17) is 25.0 Å². The molecule has 0 aliphatic carbocycles. The molecule has 0 atom stereocenters. The average Bonchev–Trinajstić information content (AvgIpc) is 2.93. The van der Waals surface area contributed by atoms with Gasteiger partial charge >= 0.3 is 7.82 Å². The number of rotatable bonds is 21. The van der Waals surface area contributed by atoms with Crippen molar-refractivity contribution in [3.63, 3.8) is 0 Å². The molecular weight excluding hydrogens is 548 g/mol. The van der Waals surface area contributed by atoms with E-state index in [1.54, 1.807) is 18.5 Å². The van der Waals surface area contributed by atoms with Crippen LogP contribution >= 0.6 is 15.7 Å². The van der Waals surface area contributed by atoms with Crippen LogP contribution < -0.4 is 5.73 Å². The maximum absolute atomic E-state index is 8.88. The molecule has 0 saturated carbocycles. The molecule has 0 bridgehead atoms. The largest absolute Gasteiger partial charge is 0.466 e. The molecular formula is C34H69NO4P2. The van der Waals surface area contributed by atoms with Gasteiger partial charge in [0.2, 0.25) is 0 Å². The molecule has 0 heterocycles. The van der Waals surface area contributed by atoms with Crippen LogP contribution in [0.25, 0.3) is 0 Å². The second kappa shape index (κ2) is 33.8. The van der Waals surface area contributed by atoms with Crippen LogP contribution in [-0.2, 0) is 4.57 Å². The number of aryl methyl sites for hydroxylation is 1. The van der Waals surface area contributed by atoms with E-state index in [0.717, 1.165) is 5.69 Å². The van der Waals surface area contributed by atoms with Crippen molar-refractivity contribution in [2.75, 3.05) is 24.2 Å². The van der Waals surface area contributed by atoms with Gasteiger partial charge in [-0.1, -0.05) is 129 Å². The average molecular weight is 618 g/mol. The smallest absolute Gasteiger partial charge is 0.399 e. The summed E-state index contributed by atoms with van der Waals surface area (Å²) in [5, 5.41) is 0. The molecule has 7 heteroatoms. The van der Waals surface area contributed by atoms with Crippen molar-refractivity contribution in [3.05, 3.63) is 42.5 Å². The number of hydrogen-bond acceptors (Lipinski definition) is 2. The van der Waals surface area contributed by atoms with Crippen LogP contribution in [0.4, 0.5) is 5.69 Å². The Morgan fingerprint density at radius 3 is 1.20 bits per heavy atom. The normalized spacial score (nSPS) is 10.7. The summed E-state index contributed by atoms with van der Waals surface area (Å²) in [5.74, 6) is 0. The lowest BCUT2D eigenvalue weighted by Crippen LogP contribution is -1.97. The number of phosphoric acid groups is 1. The summed E-state index contributed by atoms with van der Waals surface area (Å²) in [7, 11) is -4.27. The Balaban J connectivity index is -0.000000729. The van der Waals surface area contributed by atoms with Crippen LogP contribution in [-0.4, -0.2) is 33.2 Å². The highest BCUT2D eigenvalue weighted by Crippen LogP contribution is 2.39. The lowest BCUT2D eigenvalue weighted by molar-refractivity contribution is 0.275. The third-order valence-electron chi connectivity index (χ3n) is 7.13. The minimum Gasteiger partial charge on any atom is -0.399 e. The molecule has 244 valence electrons. The van der Waals surface area contributed by atoms with E-state index in [1.807, 2.05) is 19.1 Å². The molecule has 0 aliphatic rings. The van der Waals surface area contributed by atoms with Gasteiger partial charge in [0.15, 0.2) is 0 Å². The molecule has 41 heavy (non-hydrogen) atoms. The summed E-state index contributed by atoms with van der Waals surface area (Å²) in [5.41, 5.74) is 8.96. The van der Waals surface area contributed by atoms with Crippen molar-refractivity contribution in [2.24, 2.45) is 0 Å². The molecule has 5 N–H and O–H groups in total. The fourth-order valence-electron chi connectivity index (χ4n) is 4.46. The Hall–Kier alpha value is -0.700. The Bertz CT molecular complexity index is 645. The number of anilines is 1. The zero-order chi connectivity index (χ0) is 31.8. The standard InChI is InChI=1S/C24H51P.C8H11N.C2H4.H3O4P/c1-4-7-10-13-16-19-22-25(23-20-17-14-11-8-5-2)24-21-18-15-12-9-6-3;1-6-4-3-5-8(9)7(6)2;1-2;1-5(2,3)4/h4-24H2,1-3H3;3-5H,9H2,1-2H3;1-2H2;(H3,1,2,3,4). The molecule has 0 spiro atoms. The SMILES string of the molecule is C=C.CCCCCCCCP(CCCCCCCC)CCCCCCCC.Cc1cccc(N)c1C.O=P(O)(O)O. The van der Waals surface area contributed by atoms with Crippen molar-refractivity contribution < 1.29 is 19.2 Å². The monoisotopic (exact) mass is 617 g/mol. The topological polar surface area (TPSA) is 104 Å². The molecule has 0 amide bonds. The van der Waals surface area contributed by atoms with Crippen LogP contribution in [0.2, 0.25) is 0 Å². The Kier molecular flexibility index (Phi) is 36.9. The first kappa shape index (κ1) is 44.7. The molecule has 1 aromatic carbocycles. The molecule has 0 saturated heterocycles. The Labute approximate surface area is 257 Å². The first-order valence-corrected chi connectivity index (χ1v) is 19.8. The predicted octanol–water partition coefficient (Wildman–Crippen LogP) is 11.3. The van der Waals surface area contributed by atoms with Gasteiger partial charge in [0.1, 0.15) is 0 Å². The lowest BCUT2D eigenvalue weighted by atomic mass is 10.1. The van der Waals surface area contributed by atoms with Crippen molar-refractivity contribution in [2.45, 2.75) is 150 Å². The van der Waals surface area contributed by atoms with Gasteiger partial charge in [-0.2, -0.15) is 0 Å². The zero-order valence-electron chi connectivity index (χ0n) is 27.7. The number of nitrogen functional groups attached to an aromatic ring is 1. The second-order valence-electron chi connectivity index (χ2n) is 10.9. The molecule has 0 fully saturated rings. The molecule has 0 aliphatic heterocycles. The number of benzene rings is 1. The minimum atomic E-state index is -4.64. The lowest BCUT2D eigenvalue weighted by Gasteiger charge is -2.18. The van der Waals surface area contributed by atoms with E-state index in [9.17, 15) is 0 Å². The van der Waals surface area contributed by atoms with Crippen LogP contribution in [0.1, 0.15) is 147 Å². The summed E-state index contributed by atoms with van der Waals surface area (Å²) in [4.78, 5) is 21.6.